The Bertz CT molecular complexity index is 853. The van der Waals surface area contributed by atoms with E-state index >= 15 is 0 Å². The van der Waals surface area contributed by atoms with E-state index in [0.29, 0.717) is 31.3 Å². The van der Waals surface area contributed by atoms with Crippen molar-refractivity contribution in [2.45, 2.75) is 25.7 Å². The molecule has 0 aliphatic carbocycles. The molecule has 2 aliphatic rings. The van der Waals surface area contributed by atoms with Crippen LogP contribution in [0.5, 0.6) is 11.6 Å². The molecule has 4 rings (SSSR count). The second-order valence-corrected chi connectivity index (χ2v) is 6.71. The number of halogens is 2. The first kappa shape index (κ1) is 21.6. The lowest BCUT2D eigenvalue weighted by Gasteiger charge is -2.24. The third-order valence-electron chi connectivity index (χ3n) is 4.77. The molecule has 1 aromatic heterocycles. The molecule has 0 radical (unpaired) electrons. The first-order valence-corrected chi connectivity index (χ1v) is 9.28. The molecule has 1 unspecified atom stereocenters. The van der Waals surface area contributed by atoms with Crippen LogP contribution in [0.4, 0.5) is 4.39 Å². The van der Waals surface area contributed by atoms with E-state index in [1.807, 2.05) is 18.2 Å². The number of hydrogen-bond acceptors (Lipinski definition) is 5. The van der Waals surface area contributed by atoms with Gasteiger partial charge in [-0.25, -0.2) is 9.37 Å². The quantitative estimate of drug-likeness (QED) is 0.385. The van der Waals surface area contributed by atoms with Crippen molar-refractivity contribution in [3.63, 3.8) is 0 Å². The summed E-state index contributed by atoms with van der Waals surface area (Å²) in [7, 11) is 1.74. The fourth-order valence-electron chi connectivity index (χ4n) is 3.50. The number of nitrogens with zero attached hydrogens (tertiary/aromatic N) is 3. The minimum atomic E-state index is -0.301. The van der Waals surface area contributed by atoms with Gasteiger partial charge in [-0.3, -0.25) is 4.99 Å². The maximum atomic E-state index is 13.9. The SMILES string of the molecule is CN=C(NCc1cc(F)cc2c1OCOC2)N1CCC(Oc2ccccn2)C1.I. The first-order chi connectivity index (χ1) is 13.7. The molecule has 156 valence electrons. The molecule has 7 nitrogen and oxygen atoms in total. The van der Waals surface area contributed by atoms with Crippen molar-refractivity contribution in [2.24, 2.45) is 4.99 Å². The van der Waals surface area contributed by atoms with Crippen LogP contribution in [0.25, 0.3) is 0 Å². The predicted molar refractivity (Wildman–Crippen MR) is 117 cm³/mol. The van der Waals surface area contributed by atoms with Crippen molar-refractivity contribution in [2.75, 3.05) is 26.9 Å². The number of benzene rings is 1. The van der Waals surface area contributed by atoms with Gasteiger partial charge in [-0.05, 0) is 18.2 Å². The van der Waals surface area contributed by atoms with Crippen molar-refractivity contribution < 1.29 is 18.6 Å². The first-order valence-electron chi connectivity index (χ1n) is 9.28. The molecule has 1 saturated heterocycles. The average molecular weight is 514 g/mol. The van der Waals surface area contributed by atoms with E-state index < -0.39 is 0 Å². The Morgan fingerprint density at radius 3 is 3.10 bits per heavy atom. The third kappa shape index (κ3) is 5.27. The number of rotatable bonds is 4. The summed E-state index contributed by atoms with van der Waals surface area (Å²) in [5.74, 6) is 1.76. The van der Waals surface area contributed by atoms with Crippen LogP contribution in [0, 0.1) is 5.82 Å². The second kappa shape index (κ2) is 10.1. The van der Waals surface area contributed by atoms with E-state index in [9.17, 15) is 4.39 Å². The Balaban J connectivity index is 0.00000240. The third-order valence-corrected chi connectivity index (χ3v) is 4.77. The largest absolute Gasteiger partial charge is 0.472 e. The van der Waals surface area contributed by atoms with Crippen LogP contribution in [-0.4, -0.2) is 48.9 Å². The zero-order valence-corrected chi connectivity index (χ0v) is 18.5. The standard InChI is InChI=1S/C20H23FN4O3.HI/c1-22-20(25-7-5-17(11-25)28-18-4-2-3-6-23-18)24-10-14-8-16(21)9-15-12-26-13-27-19(14)15;/h2-4,6,8-9,17H,5,7,10-13H2,1H3,(H,22,24);1H. The maximum Gasteiger partial charge on any atom is 0.213 e. The number of aromatic nitrogens is 1. The molecule has 1 atom stereocenters. The zero-order valence-electron chi connectivity index (χ0n) is 16.1. The van der Waals surface area contributed by atoms with Gasteiger partial charge in [0.2, 0.25) is 5.88 Å². The molecule has 1 aromatic carbocycles. The van der Waals surface area contributed by atoms with Gasteiger partial charge in [0.1, 0.15) is 17.7 Å². The Morgan fingerprint density at radius 1 is 1.41 bits per heavy atom. The fraction of sp³-hybridized carbons (Fsp3) is 0.400. The van der Waals surface area contributed by atoms with E-state index in [-0.39, 0.29) is 42.7 Å². The van der Waals surface area contributed by atoms with Crippen LogP contribution in [0.3, 0.4) is 0 Å². The van der Waals surface area contributed by atoms with Gasteiger partial charge >= 0.3 is 0 Å². The van der Waals surface area contributed by atoms with Gasteiger partial charge in [0.15, 0.2) is 12.8 Å². The number of hydrogen-bond donors (Lipinski definition) is 1. The Morgan fingerprint density at radius 2 is 2.31 bits per heavy atom. The minimum Gasteiger partial charge on any atom is -0.472 e. The highest BCUT2D eigenvalue weighted by molar-refractivity contribution is 14.0. The number of pyridine rings is 1. The minimum absolute atomic E-state index is 0. The van der Waals surface area contributed by atoms with E-state index in [1.165, 1.54) is 12.1 Å². The molecule has 0 saturated carbocycles. The highest BCUT2D eigenvalue weighted by Gasteiger charge is 2.27. The maximum absolute atomic E-state index is 13.9. The summed E-state index contributed by atoms with van der Waals surface area (Å²) in [6, 6.07) is 8.56. The smallest absolute Gasteiger partial charge is 0.213 e. The number of fused-ring (bicyclic) bond motifs is 1. The average Bonchev–Trinajstić information content (AvgIpc) is 3.17. The summed E-state index contributed by atoms with van der Waals surface area (Å²) in [5.41, 5.74) is 1.47. The lowest BCUT2D eigenvalue weighted by atomic mass is 10.1. The van der Waals surface area contributed by atoms with Crippen LogP contribution >= 0.6 is 24.0 Å². The van der Waals surface area contributed by atoms with Crippen molar-refractivity contribution in [3.8, 4) is 11.6 Å². The second-order valence-electron chi connectivity index (χ2n) is 6.71. The molecule has 2 aromatic rings. The number of ether oxygens (including phenoxy) is 3. The monoisotopic (exact) mass is 514 g/mol. The van der Waals surface area contributed by atoms with Gasteiger partial charge in [-0.15, -0.1) is 24.0 Å². The molecule has 0 amide bonds. The Labute approximate surface area is 186 Å². The Hall–Kier alpha value is -2.14. The van der Waals surface area contributed by atoms with E-state index in [1.54, 1.807) is 13.2 Å². The van der Waals surface area contributed by atoms with Crippen molar-refractivity contribution >= 4 is 29.9 Å². The van der Waals surface area contributed by atoms with Crippen LogP contribution in [-0.2, 0) is 17.9 Å². The highest BCUT2D eigenvalue weighted by atomic mass is 127. The van der Waals surface area contributed by atoms with Crippen LogP contribution < -0.4 is 14.8 Å². The zero-order chi connectivity index (χ0) is 19.3. The molecule has 29 heavy (non-hydrogen) atoms. The molecule has 1 N–H and O–H groups in total. The van der Waals surface area contributed by atoms with Crippen molar-refractivity contribution in [1.82, 2.24) is 15.2 Å². The number of likely N-dealkylation sites (tertiary alicyclic amines) is 1. The fourth-order valence-corrected chi connectivity index (χ4v) is 3.50. The summed E-state index contributed by atoms with van der Waals surface area (Å²) < 4.78 is 30.7. The molecule has 0 spiro atoms. The lowest BCUT2D eigenvalue weighted by Crippen LogP contribution is -2.40. The summed E-state index contributed by atoms with van der Waals surface area (Å²) in [5, 5.41) is 3.31. The van der Waals surface area contributed by atoms with Gasteiger partial charge in [-0.2, -0.15) is 0 Å². The van der Waals surface area contributed by atoms with E-state index in [2.05, 4.69) is 20.2 Å². The molecular formula is C20H24FIN4O3. The Kier molecular flexibility index (Phi) is 7.48. The molecule has 3 heterocycles. The summed E-state index contributed by atoms with van der Waals surface area (Å²) >= 11 is 0. The van der Waals surface area contributed by atoms with Crippen molar-refractivity contribution in [1.29, 1.82) is 0 Å². The summed E-state index contributed by atoms with van der Waals surface area (Å²) in [4.78, 5) is 10.7. The number of nitrogens with one attached hydrogen (secondary N) is 1. The van der Waals surface area contributed by atoms with Gasteiger partial charge in [0, 0.05) is 49.9 Å². The lowest BCUT2D eigenvalue weighted by molar-refractivity contribution is -0.0173. The van der Waals surface area contributed by atoms with Crippen LogP contribution in [0.2, 0.25) is 0 Å². The number of aliphatic imine (C=N–C) groups is 1. The summed E-state index contributed by atoms with van der Waals surface area (Å²) in [6.07, 6.45) is 2.65. The normalized spacial score (nSPS) is 18.5. The van der Waals surface area contributed by atoms with Crippen LogP contribution in [0.1, 0.15) is 17.5 Å². The van der Waals surface area contributed by atoms with E-state index in [0.717, 1.165) is 30.1 Å². The van der Waals surface area contributed by atoms with Crippen LogP contribution in [0.15, 0.2) is 41.5 Å². The number of guanidine groups is 1. The van der Waals surface area contributed by atoms with Gasteiger partial charge < -0.3 is 24.4 Å². The van der Waals surface area contributed by atoms with Gasteiger partial charge in [-0.1, -0.05) is 6.07 Å². The summed E-state index contributed by atoms with van der Waals surface area (Å²) in [6.45, 7) is 2.48. The highest BCUT2D eigenvalue weighted by Crippen LogP contribution is 2.29. The van der Waals surface area contributed by atoms with Crippen molar-refractivity contribution in [3.05, 3.63) is 53.5 Å². The molecule has 0 bridgehead atoms. The van der Waals surface area contributed by atoms with Gasteiger partial charge in [0.05, 0.1) is 13.2 Å². The van der Waals surface area contributed by atoms with Gasteiger partial charge in [0.25, 0.3) is 0 Å². The molecule has 2 aliphatic heterocycles. The predicted octanol–water partition coefficient (Wildman–Crippen LogP) is 2.93. The molecular weight excluding hydrogens is 490 g/mol. The van der Waals surface area contributed by atoms with E-state index in [4.69, 9.17) is 14.2 Å². The topological polar surface area (TPSA) is 68.2 Å². The molecule has 1 fully saturated rings. The molecule has 9 heteroatoms.